The number of nitrogens with zero attached hydrogens (tertiary/aromatic N) is 4. The second-order valence-corrected chi connectivity index (χ2v) is 8.64. The predicted molar refractivity (Wildman–Crippen MR) is 117 cm³/mol. The number of imidazole rings is 1. The van der Waals surface area contributed by atoms with Gasteiger partial charge in [-0.3, -0.25) is 4.79 Å². The van der Waals surface area contributed by atoms with Crippen LogP contribution in [0.2, 0.25) is 0 Å². The number of aryl methyl sites for hydroxylation is 1. The number of aromatic nitrogens is 3. The van der Waals surface area contributed by atoms with Crippen molar-refractivity contribution >= 4 is 38.5 Å². The number of carbonyl (C=O) groups excluding carboxylic acids is 1. The van der Waals surface area contributed by atoms with Crippen LogP contribution in [0.15, 0.2) is 48.5 Å². The average molecular weight is 405 g/mol. The first-order valence-electron chi connectivity index (χ1n) is 10.3. The molecule has 4 aromatic rings. The van der Waals surface area contributed by atoms with Crippen LogP contribution in [0.5, 0.6) is 0 Å². The third-order valence-electron chi connectivity index (χ3n) is 5.76. The van der Waals surface area contributed by atoms with Gasteiger partial charge in [0.1, 0.15) is 17.4 Å². The summed E-state index contributed by atoms with van der Waals surface area (Å²) in [5.74, 6) is 1.12. The van der Waals surface area contributed by atoms with Crippen molar-refractivity contribution in [2.24, 2.45) is 0 Å². The average Bonchev–Trinajstić information content (AvgIpc) is 3.35. The molecule has 1 aliphatic rings. The molecule has 1 amide bonds. The molecule has 3 heterocycles. The maximum atomic E-state index is 13.4. The number of para-hydroxylation sites is 3. The van der Waals surface area contributed by atoms with Crippen LogP contribution in [0.4, 0.5) is 0 Å². The van der Waals surface area contributed by atoms with Gasteiger partial charge in [-0.25, -0.2) is 9.97 Å². The summed E-state index contributed by atoms with van der Waals surface area (Å²) in [6.45, 7) is 3.23. The number of benzene rings is 2. The SMILES string of the molecule is CCc1nc2ccccc2n1CC(=O)N1CCCC[C@H]1c1nc2ccccc2s1. The Kier molecular flexibility index (Phi) is 4.79. The highest BCUT2D eigenvalue weighted by Gasteiger charge is 2.30. The van der Waals surface area contributed by atoms with Gasteiger partial charge in [0.25, 0.3) is 0 Å². The lowest BCUT2D eigenvalue weighted by molar-refractivity contribution is -0.135. The molecular formula is C23H24N4OS. The van der Waals surface area contributed by atoms with Crippen molar-refractivity contribution in [1.82, 2.24) is 19.4 Å². The maximum Gasteiger partial charge on any atom is 0.243 e. The molecule has 29 heavy (non-hydrogen) atoms. The molecule has 0 aliphatic carbocycles. The van der Waals surface area contributed by atoms with Gasteiger partial charge in [-0.15, -0.1) is 11.3 Å². The Morgan fingerprint density at radius 3 is 2.69 bits per heavy atom. The van der Waals surface area contributed by atoms with Crippen molar-refractivity contribution < 1.29 is 4.79 Å². The Hall–Kier alpha value is -2.73. The van der Waals surface area contributed by atoms with E-state index >= 15 is 0 Å². The van der Waals surface area contributed by atoms with E-state index in [1.165, 1.54) is 4.70 Å². The fraction of sp³-hybridized carbons (Fsp3) is 0.348. The van der Waals surface area contributed by atoms with Crippen molar-refractivity contribution in [2.45, 2.75) is 45.2 Å². The van der Waals surface area contributed by atoms with E-state index in [9.17, 15) is 4.79 Å². The first-order chi connectivity index (χ1) is 14.2. The van der Waals surface area contributed by atoms with Crippen LogP contribution in [0, 0.1) is 0 Å². The van der Waals surface area contributed by atoms with Crippen molar-refractivity contribution in [1.29, 1.82) is 0 Å². The van der Waals surface area contributed by atoms with Gasteiger partial charge in [0.15, 0.2) is 0 Å². The summed E-state index contributed by atoms with van der Waals surface area (Å²) in [7, 11) is 0. The molecule has 1 saturated heterocycles. The topological polar surface area (TPSA) is 51.0 Å². The van der Waals surface area contributed by atoms with Crippen molar-refractivity contribution in [3.05, 3.63) is 59.4 Å². The number of fused-ring (bicyclic) bond motifs is 2. The van der Waals surface area contributed by atoms with Gasteiger partial charge in [-0.05, 0) is 43.5 Å². The normalized spacial score (nSPS) is 17.3. The fourth-order valence-corrected chi connectivity index (χ4v) is 5.43. The Morgan fingerprint density at radius 2 is 1.86 bits per heavy atom. The molecule has 1 aliphatic heterocycles. The van der Waals surface area contributed by atoms with E-state index < -0.39 is 0 Å². The lowest BCUT2D eigenvalue weighted by Gasteiger charge is -2.34. The molecular weight excluding hydrogens is 380 g/mol. The van der Waals surface area contributed by atoms with E-state index in [-0.39, 0.29) is 11.9 Å². The molecule has 5 nitrogen and oxygen atoms in total. The molecule has 0 bridgehead atoms. The van der Waals surface area contributed by atoms with E-state index in [4.69, 9.17) is 9.97 Å². The van der Waals surface area contributed by atoms with E-state index in [0.29, 0.717) is 6.54 Å². The molecule has 1 atom stereocenters. The van der Waals surface area contributed by atoms with Crippen LogP contribution < -0.4 is 0 Å². The molecule has 6 heteroatoms. The van der Waals surface area contributed by atoms with E-state index in [2.05, 4.69) is 34.6 Å². The minimum absolute atomic E-state index is 0.0773. The van der Waals surface area contributed by atoms with E-state index in [1.807, 2.05) is 30.3 Å². The third-order valence-corrected chi connectivity index (χ3v) is 6.90. The maximum absolute atomic E-state index is 13.4. The number of amides is 1. The van der Waals surface area contributed by atoms with Crippen LogP contribution >= 0.6 is 11.3 Å². The second-order valence-electron chi connectivity index (χ2n) is 7.57. The molecule has 0 radical (unpaired) electrons. The quantitative estimate of drug-likeness (QED) is 0.483. The van der Waals surface area contributed by atoms with Gasteiger partial charge < -0.3 is 9.47 Å². The largest absolute Gasteiger partial charge is 0.332 e. The zero-order valence-corrected chi connectivity index (χ0v) is 17.4. The smallest absolute Gasteiger partial charge is 0.243 e. The first kappa shape index (κ1) is 18.3. The summed E-state index contributed by atoms with van der Waals surface area (Å²) in [6, 6.07) is 16.4. The summed E-state index contributed by atoms with van der Waals surface area (Å²) >= 11 is 1.72. The van der Waals surface area contributed by atoms with Crippen LogP contribution in [-0.2, 0) is 17.8 Å². The third kappa shape index (κ3) is 3.31. The molecule has 1 fully saturated rings. The molecule has 0 saturated carbocycles. The van der Waals surface area contributed by atoms with Crippen LogP contribution in [0.25, 0.3) is 21.3 Å². The Morgan fingerprint density at radius 1 is 1.07 bits per heavy atom. The van der Waals surface area contributed by atoms with Crippen molar-refractivity contribution in [2.75, 3.05) is 6.54 Å². The lowest BCUT2D eigenvalue weighted by atomic mass is 10.0. The van der Waals surface area contributed by atoms with Crippen LogP contribution in [0.3, 0.4) is 0 Å². The zero-order valence-electron chi connectivity index (χ0n) is 16.5. The summed E-state index contributed by atoms with van der Waals surface area (Å²) in [4.78, 5) is 25.1. The molecule has 2 aromatic heterocycles. The highest BCUT2D eigenvalue weighted by Crippen LogP contribution is 2.36. The van der Waals surface area contributed by atoms with Gasteiger partial charge >= 0.3 is 0 Å². The Labute approximate surface area is 174 Å². The monoisotopic (exact) mass is 404 g/mol. The lowest BCUT2D eigenvalue weighted by Crippen LogP contribution is -2.40. The molecule has 0 unspecified atom stereocenters. The van der Waals surface area contributed by atoms with Gasteiger partial charge in [0.05, 0.1) is 27.3 Å². The second kappa shape index (κ2) is 7.59. The zero-order chi connectivity index (χ0) is 19.8. The van der Waals surface area contributed by atoms with Gasteiger partial charge in [0, 0.05) is 13.0 Å². The van der Waals surface area contributed by atoms with E-state index in [1.54, 1.807) is 11.3 Å². The molecule has 5 rings (SSSR count). The number of rotatable bonds is 4. The number of hydrogen-bond donors (Lipinski definition) is 0. The highest BCUT2D eigenvalue weighted by molar-refractivity contribution is 7.18. The Balaban J connectivity index is 1.46. The summed E-state index contributed by atoms with van der Waals surface area (Å²) in [6.07, 6.45) is 3.98. The van der Waals surface area contributed by atoms with Gasteiger partial charge in [-0.1, -0.05) is 31.2 Å². The predicted octanol–water partition coefficient (Wildman–Crippen LogP) is 4.96. The summed E-state index contributed by atoms with van der Waals surface area (Å²) in [5, 5.41) is 1.06. The standard InChI is InChI=1S/C23H24N4OS/c1-2-21-24-16-9-3-5-11-18(16)27(21)15-22(28)26-14-8-7-12-19(26)23-25-17-10-4-6-13-20(17)29-23/h3-6,9-11,13,19H,2,7-8,12,14-15H2,1H3/t19-/m0/s1. The summed E-state index contributed by atoms with van der Waals surface area (Å²) in [5.41, 5.74) is 3.02. The molecule has 2 aromatic carbocycles. The van der Waals surface area contributed by atoms with Crippen LogP contribution in [-0.4, -0.2) is 31.9 Å². The summed E-state index contributed by atoms with van der Waals surface area (Å²) < 4.78 is 3.27. The fourth-order valence-electron chi connectivity index (χ4n) is 4.32. The number of likely N-dealkylation sites (tertiary alicyclic amines) is 1. The number of carbonyl (C=O) groups is 1. The van der Waals surface area contributed by atoms with Crippen molar-refractivity contribution in [3.63, 3.8) is 0 Å². The number of hydrogen-bond acceptors (Lipinski definition) is 4. The van der Waals surface area contributed by atoms with Crippen LogP contribution in [0.1, 0.15) is 43.1 Å². The molecule has 0 spiro atoms. The molecule has 0 N–H and O–H groups in total. The first-order valence-corrected chi connectivity index (χ1v) is 11.2. The molecule has 148 valence electrons. The minimum Gasteiger partial charge on any atom is -0.332 e. The highest BCUT2D eigenvalue weighted by atomic mass is 32.1. The Bertz CT molecular complexity index is 1150. The van der Waals surface area contributed by atoms with Gasteiger partial charge in [0.2, 0.25) is 5.91 Å². The van der Waals surface area contributed by atoms with E-state index in [0.717, 1.165) is 59.6 Å². The number of thiazole rings is 1. The minimum atomic E-state index is 0.0773. The van der Waals surface area contributed by atoms with Gasteiger partial charge in [-0.2, -0.15) is 0 Å². The number of piperidine rings is 1. The van der Waals surface area contributed by atoms with Crippen molar-refractivity contribution in [3.8, 4) is 0 Å².